The van der Waals surface area contributed by atoms with Gasteiger partial charge in [-0.15, -0.1) is 10.2 Å². The molecule has 0 amide bonds. The Kier molecular flexibility index (Phi) is 2.52. The van der Waals surface area contributed by atoms with E-state index in [1.165, 1.54) is 14.2 Å². The summed E-state index contributed by atoms with van der Waals surface area (Å²) in [6.45, 7) is 3.93. The van der Waals surface area contributed by atoms with Gasteiger partial charge >= 0.3 is 11.9 Å². The molecule has 0 radical (unpaired) electrons. The van der Waals surface area contributed by atoms with Crippen molar-refractivity contribution < 1.29 is 19.1 Å². The highest BCUT2D eigenvalue weighted by molar-refractivity contribution is 6.45. The van der Waals surface area contributed by atoms with Gasteiger partial charge in [0.15, 0.2) is 11.4 Å². The van der Waals surface area contributed by atoms with Crippen LogP contribution in [0, 0.1) is 17.3 Å². The quantitative estimate of drug-likeness (QED) is 0.653. The Morgan fingerprint density at radius 3 is 1.65 bits per heavy atom. The molecule has 0 aromatic carbocycles. The molecule has 0 aromatic rings. The SMILES string of the molecule is COC(=O)C1=NN=C(C(=O)OC)[C@H]2[C@@H]1C2(C)C. The number of esters is 2. The van der Waals surface area contributed by atoms with Crippen LogP contribution in [0.1, 0.15) is 13.8 Å². The van der Waals surface area contributed by atoms with Gasteiger partial charge in [-0.05, 0) is 5.41 Å². The number of nitrogens with zero attached hydrogens (tertiary/aromatic N) is 2. The topological polar surface area (TPSA) is 77.3 Å². The van der Waals surface area contributed by atoms with E-state index in [9.17, 15) is 9.59 Å². The van der Waals surface area contributed by atoms with Crippen molar-refractivity contribution in [1.29, 1.82) is 0 Å². The highest BCUT2D eigenvalue weighted by Gasteiger charge is 2.66. The summed E-state index contributed by atoms with van der Waals surface area (Å²) in [6.07, 6.45) is 0. The van der Waals surface area contributed by atoms with Crippen LogP contribution in [0.25, 0.3) is 0 Å². The third kappa shape index (κ3) is 1.55. The van der Waals surface area contributed by atoms with Gasteiger partial charge in [-0.3, -0.25) is 0 Å². The van der Waals surface area contributed by atoms with Gasteiger partial charge in [0.05, 0.1) is 14.2 Å². The van der Waals surface area contributed by atoms with Crippen molar-refractivity contribution in [2.24, 2.45) is 27.5 Å². The van der Waals surface area contributed by atoms with Gasteiger partial charge in [-0.2, -0.15) is 0 Å². The molecule has 0 unspecified atom stereocenters. The summed E-state index contributed by atoms with van der Waals surface area (Å²) >= 11 is 0. The van der Waals surface area contributed by atoms with Crippen LogP contribution in [0.5, 0.6) is 0 Å². The monoisotopic (exact) mass is 238 g/mol. The van der Waals surface area contributed by atoms with Gasteiger partial charge < -0.3 is 9.47 Å². The average Bonchev–Trinajstić information content (AvgIpc) is 2.90. The van der Waals surface area contributed by atoms with Crippen molar-refractivity contribution in [3.8, 4) is 0 Å². The maximum absolute atomic E-state index is 11.5. The lowest BCUT2D eigenvalue weighted by molar-refractivity contribution is -0.134. The van der Waals surface area contributed by atoms with E-state index in [0.29, 0.717) is 0 Å². The summed E-state index contributed by atoms with van der Waals surface area (Å²) in [7, 11) is 2.60. The second-order valence-corrected chi connectivity index (χ2v) is 4.73. The third-order valence-electron chi connectivity index (χ3n) is 3.47. The maximum Gasteiger partial charge on any atom is 0.354 e. The summed E-state index contributed by atoms with van der Waals surface area (Å²) in [6, 6.07) is 0. The molecular formula is C11H14N2O4. The molecule has 92 valence electrons. The van der Waals surface area contributed by atoms with Crippen molar-refractivity contribution >= 4 is 23.4 Å². The summed E-state index contributed by atoms with van der Waals surface area (Å²) in [5.74, 6) is -1.19. The first-order chi connectivity index (χ1) is 7.95. The van der Waals surface area contributed by atoms with Crippen molar-refractivity contribution in [3.63, 3.8) is 0 Å². The van der Waals surface area contributed by atoms with Gasteiger partial charge in [-0.1, -0.05) is 13.8 Å². The zero-order valence-electron chi connectivity index (χ0n) is 10.2. The van der Waals surface area contributed by atoms with E-state index in [-0.39, 0.29) is 28.7 Å². The zero-order valence-corrected chi connectivity index (χ0v) is 10.2. The van der Waals surface area contributed by atoms with Gasteiger partial charge in [0.1, 0.15) is 0 Å². The molecule has 0 bridgehead atoms. The van der Waals surface area contributed by atoms with E-state index >= 15 is 0 Å². The fraction of sp³-hybridized carbons (Fsp3) is 0.636. The zero-order chi connectivity index (χ0) is 12.8. The summed E-state index contributed by atoms with van der Waals surface area (Å²) in [4.78, 5) is 23.0. The van der Waals surface area contributed by atoms with Crippen LogP contribution < -0.4 is 0 Å². The second kappa shape index (κ2) is 3.65. The Morgan fingerprint density at radius 1 is 1.00 bits per heavy atom. The highest BCUT2D eigenvalue weighted by Crippen LogP contribution is 2.61. The van der Waals surface area contributed by atoms with Crippen LogP contribution in [0.2, 0.25) is 0 Å². The van der Waals surface area contributed by atoms with Crippen molar-refractivity contribution in [3.05, 3.63) is 0 Å². The van der Waals surface area contributed by atoms with E-state index in [2.05, 4.69) is 19.7 Å². The number of hydrogen-bond donors (Lipinski definition) is 0. The lowest BCUT2D eigenvalue weighted by atomic mass is 10.1. The molecule has 0 spiro atoms. The minimum atomic E-state index is -0.488. The fourth-order valence-corrected chi connectivity index (χ4v) is 2.44. The molecule has 6 heteroatoms. The summed E-state index contributed by atoms with van der Waals surface area (Å²) < 4.78 is 9.29. The molecule has 1 aliphatic heterocycles. The van der Waals surface area contributed by atoms with Crippen molar-refractivity contribution in [1.82, 2.24) is 0 Å². The van der Waals surface area contributed by atoms with Crippen LogP contribution in [0.3, 0.4) is 0 Å². The van der Waals surface area contributed by atoms with Crippen LogP contribution in [-0.2, 0) is 19.1 Å². The van der Waals surface area contributed by atoms with E-state index in [4.69, 9.17) is 0 Å². The first-order valence-electron chi connectivity index (χ1n) is 5.27. The minimum absolute atomic E-state index is 0.110. The molecule has 6 nitrogen and oxygen atoms in total. The van der Waals surface area contributed by atoms with E-state index in [1.807, 2.05) is 13.8 Å². The van der Waals surface area contributed by atoms with Crippen molar-refractivity contribution in [2.45, 2.75) is 13.8 Å². The maximum atomic E-state index is 11.5. The molecule has 0 aromatic heterocycles. The van der Waals surface area contributed by atoms with Crippen LogP contribution in [0.15, 0.2) is 10.2 Å². The van der Waals surface area contributed by atoms with Gasteiger partial charge in [0.2, 0.25) is 0 Å². The molecule has 1 heterocycles. The average molecular weight is 238 g/mol. The normalized spacial score (nSPS) is 28.5. The summed E-state index contributed by atoms with van der Waals surface area (Å²) in [5, 5.41) is 7.60. The number of rotatable bonds is 2. The lowest BCUT2D eigenvalue weighted by Crippen LogP contribution is -2.27. The first kappa shape index (κ1) is 11.8. The van der Waals surface area contributed by atoms with Crippen LogP contribution in [-0.4, -0.2) is 37.6 Å². The van der Waals surface area contributed by atoms with E-state index in [1.54, 1.807) is 0 Å². The number of hydrogen-bond acceptors (Lipinski definition) is 6. The molecule has 17 heavy (non-hydrogen) atoms. The molecule has 0 N–H and O–H groups in total. The number of methoxy groups -OCH3 is 2. The Bertz CT molecular complexity index is 410. The molecule has 1 aliphatic carbocycles. The van der Waals surface area contributed by atoms with Gasteiger partial charge in [0, 0.05) is 11.8 Å². The Morgan fingerprint density at radius 2 is 1.35 bits per heavy atom. The van der Waals surface area contributed by atoms with Crippen LogP contribution >= 0.6 is 0 Å². The molecule has 1 fully saturated rings. The molecule has 0 saturated heterocycles. The third-order valence-corrected chi connectivity index (χ3v) is 3.47. The first-order valence-corrected chi connectivity index (χ1v) is 5.27. The molecule has 1 saturated carbocycles. The number of carbonyl (C=O) groups is 2. The van der Waals surface area contributed by atoms with Gasteiger partial charge in [0.25, 0.3) is 0 Å². The van der Waals surface area contributed by atoms with Crippen molar-refractivity contribution in [2.75, 3.05) is 14.2 Å². The van der Waals surface area contributed by atoms with E-state index < -0.39 is 11.9 Å². The number of fused-ring (bicyclic) bond motifs is 1. The predicted molar refractivity (Wildman–Crippen MR) is 59.7 cm³/mol. The Hall–Kier alpha value is -1.72. The molecular weight excluding hydrogens is 224 g/mol. The van der Waals surface area contributed by atoms with Crippen LogP contribution in [0.4, 0.5) is 0 Å². The number of carbonyl (C=O) groups excluding carboxylic acids is 2. The lowest BCUT2D eigenvalue weighted by Gasteiger charge is -2.07. The summed E-state index contributed by atoms with van der Waals surface area (Å²) in [5.41, 5.74) is 0.363. The number of ether oxygens (including phenoxy) is 2. The molecule has 2 rings (SSSR count). The highest BCUT2D eigenvalue weighted by atomic mass is 16.5. The van der Waals surface area contributed by atoms with Gasteiger partial charge in [-0.25, -0.2) is 9.59 Å². The largest absolute Gasteiger partial charge is 0.464 e. The minimum Gasteiger partial charge on any atom is -0.464 e. The predicted octanol–water partition coefficient (Wildman–Crippen LogP) is 0.415. The second-order valence-electron chi connectivity index (χ2n) is 4.73. The Labute approximate surface area is 98.7 Å². The fourth-order valence-electron chi connectivity index (χ4n) is 2.44. The Balaban J connectivity index is 2.37. The molecule has 2 atom stereocenters. The smallest absolute Gasteiger partial charge is 0.354 e. The van der Waals surface area contributed by atoms with E-state index in [0.717, 1.165) is 0 Å². The molecule has 2 aliphatic rings. The standard InChI is InChI=1S/C11H14N2O4/c1-11(2)5-6(11)8(10(15)17-4)13-12-7(5)9(14)16-3/h5-6H,1-4H3/t5-,6+.